The first-order chi connectivity index (χ1) is 31.6. The minimum Gasteiger partial charge on any atom is -0.313 e. The molecule has 2 atom stereocenters. The van der Waals surface area contributed by atoms with Crippen LogP contribution in [-0.2, 0) is 5.41 Å². The lowest BCUT2D eigenvalue weighted by Gasteiger charge is -2.36. The van der Waals surface area contributed by atoms with Gasteiger partial charge in [0.15, 0.2) is 0 Å². The summed E-state index contributed by atoms with van der Waals surface area (Å²) in [4.78, 5) is 2.55. The van der Waals surface area contributed by atoms with E-state index in [0.29, 0.717) is 0 Å². The lowest BCUT2D eigenvalue weighted by molar-refractivity contribution is 0.589. The van der Waals surface area contributed by atoms with Crippen molar-refractivity contribution in [1.82, 2.24) is 9.13 Å². The number of rotatable bonds is 6. The van der Waals surface area contributed by atoms with E-state index in [0.717, 1.165) is 12.8 Å². The zero-order valence-corrected chi connectivity index (χ0v) is 35.7. The molecule has 0 radical (unpaired) electrons. The molecule has 2 aliphatic carbocycles. The summed E-state index contributed by atoms with van der Waals surface area (Å²) in [6.07, 6.45) is 11.8. The third-order valence-corrected chi connectivity index (χ3v) is 14.1. The minimum absolute atomic E-state index is 0.266. The Morgan fingerprint density at radius 1 is 0.516 bits per heavy atom. The molecule has 13 rings (SSSR count). The molecular formula is C61H45N3. The average Bonchev–Trinajstić information content (AvgIpc) is 4.00. The van der Waals surface area contributed by atoms with Gasteiger partial charge in [0, 0.05) is 61.3 Å². The van der Waals surface area contributed by atoms with Crippen molar-refractivity contribution in [2.45, 2.75) is 31.1 Å². The molecule has 3 aliphatic rings. The monoisotopic (exact) mass is 819 g/mol. The van der Waals surface area contributed by atoms with E-state index in [9.17, 15) is 0 Å². The number of hydrogen-bond acceptors (Lipinski definition) is 1. The van der Waals surface area contributed by atoms with Crippen LogP contribution in [0.1, 0.15) is 42.4 Å². The van der Waals surface area contributed by atoms with Crippen LogP contribution in [0.25, 0.3) is 60.6 Å². The zero-order valence-electron chi connectivity index (χ0n) is 35.7. The Bertz CT molecular complexity index is 3620. The standard InChI is InChI=1S/C61H45N3/c1-61(54-31-18-30-52-49-26-12-16-34-57(49)64(60(52)54)46-23-9-4-10-24-46)39-42(41-35-36-58-53(38-41)50-27-13-14-32-55(50)62(58)44-19-5-2-6-20-44)37-43(40-61)47-28-17-29-51-48-25-11-15-33-56(48)63(59(47)51)45-21-7-3-8-22-45/h2-28,30-39,51H,29,40H2,1H3. The predicted molar refractivity (Wildman–Crippen MR) is 268 cm³/mol. The van der Waals surface area contributed by atoms with Gasteiger partial charge in [-0.2, -0.15) is 0 Å². The first-order valence-electron chi connectivity index (χ1n) is 22.6. The van der Waals surface area contributed by atoms with Crippen LogP contribution in [-0.4, -0.2) is 9.13 Å². The summed E-state index contributed by atoms with van der Waals surface area (Å²) in [5.41, 5.74) is 18.6. The van der Waals surface area contributed by atoms with Crippen LogP contribution in [0.5, 0.6) is 0 Å². The van der Waals surface area contributed by atoms with Gasteiger partial charge in [-0.1, -0.05) is 165 Å². The van der Waals surface area contributed by atoms with Crippen molar-refractivity contribution in [2.24, 2.45) is 0 Å². The third kappa shape index (κ3) is 5.53. The van der Waals surface area contributed by atoms with E-state index in [1.165, 1.54) is 105 Å². The van der Waals surface area contributed by atoms with Crippen LogP contribution >= 0.6 is 0 Å². The maximum absolute atomic E-state index is 2.59. The van der Waals surface area contributed by atoms with Crippen LogP contribution in [0.2, 0.25) is 0 Å². The van der Waals surface area contributed by atoms with Gasteiger partial charge in [-0.3, -0.25) is 0 Å². The van der Waals surface area contributed by atoms with Crippen molar-refractivity contribution in [3.05, 3.63) is 258 Å². The number of benzene rings is 8. The quantitative estimate of drug-likeness (QED) is 0.163. The van der Waals surface area contributed by atoms with E-state index in [-0.39, 0.29) is 11.3 Å². The van der Waals surface area contributed by atoms with Gasteiger partial charge >= 0.3 is 0 Å². The molecule has 64 heavy (non-hydrogen) atoms. The average molecular weight is 820 g/mol. The van der Waals surface area contributed by atoms with Crippen LogP contribution in [0, 0.1) is 0 Å². The molecular weight excluding hydrogens is 775 g/mol. The maximum Gasteiger partial charge on any atom is 0.0581 e. The summed E-state index contributed by atoms with van der Waals surface area (Å²) < 4.78 is 4.91. The predicted octanol–water partition coefficient (Wildman–Crippen LogP) is 15.7. The van der Waals surface area contributed by atoms with Gasteiger partial charge in [0.05, 0.1) is 22.1 Å². The lowest BCUT2D eigenvalue weighted by atomic mass is 9.69. The van der Waals surface area contributed by atoms with Crippen molar-refractivity contribution < 1.29 is 0 Å². The van der Waals surface area contributed by atoms with Gasteiger partial charge in [0.1, 0.15) is 0 Å². The molecule has 0 spiro atoms. The Labute approximate surface area is 373 Å². The maximum atomic E-state index is 2.59. The third-order valence-electron chi connectivity index (χ3n) is 14.1. The molecule has 0 bridgehead atoms. The van der Waals surface area contributed by atoms with E-state index in [2.05, 4.69) is 245 Å². The van der Waals surface area contributed by atoms with Gasteiger partial charge in [-0.15, -0.1) is 0 Å². The fourth-order valence-electron chi connectivity index (χ4n) is 11.4. The number of nitrogens with zero attached hydrogens (tertiary/aromatic N) is 3. The molecule has 0 fully saturated rings. The van der Waals surface area contributed by atoms with Gasteiger partial charge in [-0.05, 0) is 113 Å². The molecule has 2 aromatic heterocycles. The van der Waals surface area contributed by atoms with Crippen molar-refractivity contribution in [1.29, 1.82) is 0 Å². The second-order valence-electron chi connectivity index (χ2n) is 17.9. The highest BCUT2D eigenvalue weighted by atomic mass is 15.2. The molecule has 2 unspecified atom stereocenters. The summed E-state index contributed by atoms with van der Waals surface area (Å²) in [6, 6.07) is 73.6. The van der Waals surface area contributed by atoms with Gasteiger partial charge in [0.2, 0.25) is 0 Å². The molecule has 3 nitrogen and oxygen atoms in total. The topological polar surface area (TPSA) is 13.1 Å². The number of hydrogen-bond donors (Lipinski definition) is 0. The summed E-state index contributed by atoms with van der Waals surface area (Å²) in [5, 5.41) is 5.06. The summed E-state index contributed by atoms with van der Waals surface area (Å²) in [5.74, 6) is 0.266. The molecule has 0 saturated heterocycles. The first kappa shape index (κ1) is 36.7. The molecule has 3 heterocycles. The first-order valence-corrected chi connectivity index (χ1v) is 22.6. The van der Waals surface area contributed by atoms with Crippen molar-refractivity contribution in [3.8, 4) is 11.4 Å². The van der Waals surface area contributed by atoms with Crippen LogP contribution < -0.4 is 4.90 Å². The van der Waals surface area contributed by atoms with E-state index < -0.39 is 0 Å². The molecule has 10 aromatic rings. The summed E-state index contributed by atoms with van der Waals surface area (Å²) in [6.45, 7) is 2.48. The zero-order chi connectivity index (χ0) is 42.4. The SMILES string of the molecule is CC1(c2cccc3c4ccccc4n(-c4ccccc4)c23)C=C(c2ccc3c(c2)c2ccccc2n3-c2ccccc2)C=C(C2=C3C(CC=C2)c2ccccc2N3c2ccccc2)C1. The van der Waals surface area contributed by atoms with E-state index in [1.54, 1.807) is 0 Å². The second-order valence-corrected chi connectivity index (χ2v) is 17.9. The van der Waals surface area contributed by atoms with Gasteiger partial charge < -0.3 is 14.0 Å². The molecule has 3 heteroatoms. The number of aromatic nitrogens is 2. The highest BCUT2D eigenvalue weighted by molar-refractivity contribution is 6.12. The largest absolute Gasteiger partial charge is 0.313 e. The molecule has 0 saturated carbocycles. The number of para-hydroxylation sites is 7. The van der Waals surface area contributed by atoms with E-state index >= 15 is 0 Å². The summed E-state index contributed by atoms with van der Waals surface area (Å²) in [7, 11) is 0. The normalized spacial score (nSPS) is 18.2. The second kappa shape index (κ2) is 14.3. The minimum atomic E-state index is -0.385. The Morgan fingerprint density at radius 3 is 1.86 bits per heavy atom. The highest BCUT2D eigenvalue weighted by Gasteiger charge is 2.40. The Kier molecular flexibility index (Phi) is 8.23. The molecule has 1 aliphatic heterocycles. The van der Waals surface area contributed by atoms with E-state index in [1.807, 2.05) is 0 Å². The fraction of sp³-hybridized carbons (Fsp3) is 0.0820. The fourth-order valence-corrected chi connectivity index (χ4v) is 11.4. The van der Waals surface area contributed by atoms with E-state index in [4.69, 9.17) is 0 Å². The van der Waals surface area contributed by atoms with Crippen LogP contribution in [0.15, 0.2) is 241 Å². The molecule has 0 amide bonds. The number of anilines is 2. The Balaban J connectivity index is 1.08. The Morgan fingerprint density at radius 2 is 1.11 bits per heavy atom. The highest BCUT2D eigenvalue weighted by Crippen LogP contribution is 2.55. The number of fused-ring (bicyclic) bond motifs is 9. The van der Waals surface area contributed by atoms with Crippen LogP contribution in [0.4, 0.5) is 11.4 Å². The van der Waals surface area contributed by atoms with Crippen molar-refractivity contribution in [3.63, 3.8) is 0 Å². The molecule has 304 valence electrons. The van der Waals surface area contributed by atoms with Gasteiger partial charge in [0.25, 0.3) is 0 Å². The summed E-state index contributed by atoms with van der Waals surface area (Å²) >= 11 is 0. The van der Waals surface area contributed by atoms with Crippen LogP contribution in [0.3, 0.4) is 0 Å². The molecule has 8 aromatic carbocycles. The number of allylic oxidation sites excluding steroid dienone is 8. The van der Waals surface area contributed by atoms with Crippen molar-refractivity contribution >= 4 is 60.6 Å². The molecule has 0 N–H and O–H groups in total. The van der Waals surface area contributed by atoms with Gasteiger partial charge in [-0.25, -0.2) is 0 Å². The lowest BCUT2D eigenvalue weighted by Crippen LogP contribution is -2.26. The van der Waals surface area contributed by atoms with Crippen molar-refractivity contribution in [2.75, 3.05) is 4.90 Å². The Hall–Kier alpha value is -7.88. The smallest absolute Gasteiger partial charge is 0.0581 e.